The van der Waals surface area contributed by atoms with Crippen molar-refractivity contribution < 1.29 is 23.5 Å². The average Bonchev–Trinajstić information content (AvgIpc) is 3.68. The van der Waals surface area contributed by atoms with Crippen LogP contribution >= 0.6 is 11.6 Å². The van der Waals surface area contributed by atoms with Crippen LogP contribution in [0.25, 0.3) is 16.6 Å². The van der Waals surface area contributed by atoms with Crippen LogP contribution in [0.4, 0.5) is 9.80 Å². The number of benzene rings is 4. The van der Waals surface area contributed by atoms with Crippen LogP contribution in [0, 0.1) is 5.92 Å². The van der Waals surface area contributed by atoms with Crippen molar-refractivity contribution in [3.05, 3.63) is 129 Å². The van der Waals surface area contributed by atoms with Crippen LogP contribution in [0.1, 0.15) is 30.0 Å². The molecular weight excluding hydrogens is 687 g/mol. The predicted octanol–water partition coefficient (Wildman–Crippen LogP) is 6.71. The minimum atomic E-state index is -3.53. The number of nitrogens with zero attached hydrogens (tertiary/aromatic N) is 3. The summed E-state index contributed by atoms with van der Waals surface area (Å²) < 4.78 is 24.7. The van der Waals surface area contributed by atoms with Crippen LogP contribution in [0.3, 0.4) is 0 Å². The highest BCUT2D eigenvalue weighted by molar-refractivity contribution is 6.72. The van der Waals surface area contributed by atoms with E-state index in [0.717, 1.165) is 16.6 Å². The Bertz CT molecular complexity index is 2150. The number of hydrogen-bond donors (Lipinski definition) is 2. The number of aliphatic hydroxyl groups is 1. The molecule has 5 aromatic rings. The van der Waals surface area contributed by atoms with Gasteiger partial charge in [0.05, 0.1) is 48.0 Å². The molecule has 1 saturated heterocycles. The lowest BCUT2D eigenvalue weighted by atomic mass is 9.82. The highest BCUT2D eigenvalue weighted by Gasteiger charge is 2.67. The Morgan fingerprint density at radius 1 is 1.00 bits per heavy atom. The van der Waals surface area contributed by atoms with Crippen LogP contribution in [0.5, 0.6) is 0 Å². The molecule has 0 saturated carbocycles. The van der Waals surface area contributed by atoms with Gasteiger partial charge in [0.2, 0.25) is 14.3 Å². The third-order valence-corrected chi connectivity index (χ3v) is 13.1. The van der Waals surface area contributed by atoms with E-state index in [9.17, 15) is 19.5 Å². The van der Waals surface area contributed by atoms with Gasteiger partial charge in [-0.15, -0.1) is 0 Å². The molecule has 9 nitrogen and oxygen atoms in total. The van der Waals surface area contributed by atoms with E-state index < -0.39 is 31.6 Å². The summed E-state index contributed by atoms with van der Waals surface area (Å²) >= 11 is 6.54. The molecule has 2 aliphatic heterocycles. The number of para-hydroxylation sites is 1. The Labute approximate surface area is 301 Å². The minimum absolute atomic E-state index is 0.112. The zero-order valence-corrected chi connectivity index (χ0v) is 30.4. The molecule has 264 valence electrons. The number of rotatable bonds is 10. The Morgan fingerprint density at radius 3 is 2.39 bits per heavy atom. The van der Waals surface area contributed by atoms with E-state index in [0.29, 0.717) is 27.3 Å². The number of hydrogen-bond acceptors (Lipinski definition) is 5. The molecule has 7 rings (SSSR count). The standard InChI is InChI=1S/C39H40ClFN4O5Si/c1-25-36(51(2,3)41)34(22-35(47)43(19-20-46)23-26-9-5-4-6-10-26)50-39(25)31-21-28(40)15-18-33(31)44(38(39)49)24-27-13-16-29(17-14-27)45-37(48)30-11-7-8-12-32(30)42-45/h4-18,21,25,34,36,42,46H,19-20,22-24H2,1-3H3/t25-,34+,36-,39+/m0/s1. The summed E-state index contributed by atoms with van der Waals surface area (Å²) in [7, 11) is -3.53. The van der Waals surface area contributed by atoms with Gasteiger partial charge in [-0.05, 0) is 66.7 Å². The maximum atomic E-state index is 16.4. The summed E-state index contributed by atoms with van der Waals surface area (Å²) in [5, 5.41) is 13.9. The molecule has 0 aliphatic carbocycles. The van der Waals surface area contributed by atoms with Crippen LogP contribution in [-0.2, 0) is 33.0 Å². The number of aliphatic hydroxyl groups excluding tert-OH is 1. The van der Waals surface area contributed by atoms with E-state index in [1.807, 2.05) is 79.7 Å². The molecule has 2 aliphatic rings. The quantitative estimate of drug-likeness (QED) is 0.123. The maximum absolute atomic E-state index is 16.4. The Hall–Kier alpha value is -4.55. The molecule has 51 heavy (non-hydrogen) atoms. The smallest absolute Gasteiger partial charge is 0.279 e. The topological polar surface area (TPSA) is 108 Å². The monoisotopic (exact) mass is 726 g/mol. The van der Waals surface area contributed by atoms with Gasteiger partial charge < -0.3 is 23.8 Å². The number of fused-ring (bicyclic) bond motifs is 3. The van der Waals surface area contributed by atoms with E-state index in [2.05, 4.69) is 5.10 Å². The zero-order valence-electron chi connectivity index (χ0n) is 28.7. The van der Waals surface area contributed by atoms with Crippen molar-refractivity contribution >= 4 is 48.4 Å². The lowest BCUT2D eigenvalue weighted by Crippen LogP contribution is -2.45. The third-order valence-electron chi connectivity index (χ3n) is 10.4. The van der Waals surface area contributed by atoms with Crippen molar-refractivity contribution in [3.63, 3.8) is 0 Å². The number of halogens is 2. The Morgan fingerprint density at radius 2 is 1.71 bits per heavy atom. The zero-order chi connectivity index (χ0) is 36.1. The van der Waals surface area contributed by atoms with Gasteiger partial charge in [0.15, 0.2) is 5.60 Å². The molecule has 0 radical (unpaired) electrons. The summed E-state index contributed by atoms with van der Waals surface area (Å²) in [5.41, 5.74) is 1.88. The van der Waals surface area contributed by atoms with Crippen LogP contribution in [0.2, 0.25) is 23.7 Å². The number of aromatic nitrogens is 2. The van der Waals surface area contributed by atoms with Crippen molar-refractivity contribution in [3.8, 4) is 5.69 Å². The fourth-order valence-corrected chi connectivity index (χ4v) is 10.7. The van der Waals surface area contributed by atoms with E-state index >= 15 is 4.11 Å². The Balaban J connectivity index is 1.19. The van der Waals surface area contributed by atoms with E-state index in [1.165, 1.54) is 4.68 Å². The number of carbonyl (C=O) groups is 2. The molecule has 2 amide bonds. The summed E-state index contributed by atoms with van der Waals surface area (Å²) in [6, 6.07) is 29.4. The summed E-state index contributed by atoms with van der Waals surface area (Å²) in [6.07, 6.45) is -1.01. The minimum Gasteiger partial charge on any atom is -0.395 e. The molecule has 1 aromatic heterocycles. The number of nitrogens with one attached hydrogen (secondary N) is 1. The normalized spacial score (nSPS) is 21.5. The van der Waals surface area contributed by atoms with Crippen molar-refractivity contribution in [2.75, 3.05) is 18.1 Å². The van der Waals surface area contributed by atoms with Gasteiger partial charge in [0.25, 0.3) is 11.5 Å². The largest absolute Gasteiger partial charge is 0.395 e. The molecule has 2 N–H and O–H groups in total. The van der Waals surface area contributed by atoms with E-state index in [-0.39, 0.29) is 50.0 Å². The fraction of sp³-hybridized carbons (Fsp3) is 0.308. The molecule has 1 fully saturated rings. The van der Waals surface area contributed by atoms with Gasteiger partial charge >= 0.3 is 0 Å². The van der Waals surface area contributed by atoms with Crippen LogP contribution < -0.4 is 10.5 Å². The van der Waals surface area contributed by atoms with Gasteiger partial charge in [0.1, 0.15) is 0 Å². The molecule has 1 spiro atoms. The van der Waals surface area contributed by atoms with E-state index in [1.54, 1.807) is 47.2 Å². The van der Waals surface area contributed by atoms with Gasteiger partial charge in [-0.25, -0.2) is 4.68 Å². The molecule has 4 atom stereocenters. The molecule has 4 aromatic carbocycles. The molecule has 3 heterocycles. The molecule has 12 heteroatoms. The summed E-state index contributed by atoms with van der Waals surface area (Å²) in [4.78, 5) is 44.9. The molecular formula is C39H40ClFN4O5Si. The average molecular weight is 727 g/mol. The van der Waals surface area contributed by atoms with Gasteiger partial charge in [-0.2, -0.15) is 0 Å². The maximum Gasteiger partial charge on any atom is 0.279 e. The number of amides is 2. The first-order valence-electron chi connectivity index (χ1n) is 17.1. The highest BCUT2D eigenvalue weighted by atomic mass is 35.5. The lowest BCUT2D eigenvalue weighted by Gasteiger charge is -2.31. The first kappa shape index (κ1) is 34.9. The predicted molar refractivity (Wildman–Crippen MR) is 198 cm³/mol. The van der Waals surface area contributed by atoms with Gasteiger partial charge in [0, 0.05) is 35.1 Å². The fourth-order valence-electron chi connectivity index (χ4n) is 8.07. The second kappa shape index (κ2) is 13.5. The summed E-state index contributed by atoms with van der Waals surface area (Å²) in [5.74, 6) is -1.22. The number of aromatic amines is 1. The van der Waals surface area contributed by atoms with Crippen LogP contribution in [-0.4, -0.2) is 59.3 Å². The SMILES string of the molecule is C[C@H]1[C@H]([Si](C)(C)F)[C@@H](CC(=O)N(CCO)Cc2ccccc2)O[C@]12C(=O)N(Cc1ccc(-n3[nH]c4ccccc4c3=O)cc1)c1ccc(Cl)cc12. The van der Waals surface area contributed by atoms with Crippen molar-refractivity contribution in [2.45, 2.75) is 56.8 Å². The second-order valence-electron chi connectivity index (χ2n) is 14.0. The van der Waals surface area contributed by atoms with Gasteiger partial charge in [-0.3, -0.25) is 19.5 Å². The van der Waals surface area contributed by atoms with Crippen molar-refractivity contribution in [2.24, 2.45) is 5.92 Å². The van der Waals surface area contributed by atoms with Crippen molar-refractivity contribution in [1.82, 2.24) is 14.7 Å². The van der Waals surface area contributed by atoms with Gasteiger partial charge in [-0.1, -0.05) is 73.1 Å². The number of H-pyrrole nitrogens is 1. The third kappa shape index (κ3) is 6.22. The first-order chi connectivity index (χ1) is 24.4. The van der Waals surface area contributed by atoms with Crippen molar-refractivity contribution in [1.29, 1.82) is 0 Å². The lowest BCUT2D eigenvalue weighted by molar-refractivity contribution is -0.150. The highest BCUT2D eigenvalue weighted by Crippen LogP contribution is 2.60. The molecule has 0 unspecified atom stereocenters. The van der Waals surface area contributed by atoms with Crippen LogP contribution in [0.15, 0.2) is 102 Å². The summed E-state index contributed by atoms with van der Waals surface area (Å²) in [6.45, 7) is 5.40. The number of anilines is 1. The van der Waals surface area contributed by atoms with E-state index in [4.69, 9.17) is 16.3 Å². The number of carbonyl (C=O) groups excluding carboxylic acids is 2. The number of ether oxygens (including phenoxy) is 1. The Kier molecular flexibility index (Phi) is 9.26. The second-order valence-corrected chi connectivity index (χ2v) is 18.2. The molecule has 0 bridgehead atoms. The first-order valence-corrected chi connectivity index (χ1v) is 20.5.